The molecule has 0 aliphatic heterocycles. The van der Waals surface area contributed by atoms with E-state index in [-0.39, 0.29) is 5.41 Å². The highest BCUT2D eigenvalue weighted by Crippen LogP contribution is 2.44. The third-order valence-corrected chi connectivity index (χ3v) is 5.13. The molecule has 2 aromatic carbocycles. The number of anilines is 1. The first-order chi connectivity index (χ1) is 11.0. The number of hydrogen-bond donors (Lipinski definition) is 1. The Morgan fingerprint density at radius 3 is 2.61 bits per heavy atom. The maximum Gasteiger partial charge on any atom is 0.0530 e. The largest absolute Gasteiger partial charge is 0.398 e. The number of nitrogen functional groups attached to an aromatic ring is 1. The molecule has 116 valence electrons. The molecule has 0 saturated heterocycles. The Morgan fingerprint density at radius 1 is 1.09 bits per heavy atom. The lowest BCUT2D eigenvalue weighted by molar-refractivity contribution is 0.641. The molecular formula is C20H21N3. The Kier molecular flexibility index (Phi) is 2.89. The molecule has 23 heavy (non-hydrogen) atoms. The quantitative estimate of drug-likeness (QED) is 0.571. The van der Waals surface area contributed by atoms with Crippen molar-refractivity contribution in [3.63, 3.8) is 0 Å². The topological polar surface area (TPSA) is 43.8 Å². The Hall–Kier alpha value is -2.55. The van der Waals surface area contributed by atoms with Crippen LogP contribution in [0.2, 0.25) is 0 Å². The maximum atomic E-state index is 6.62. The van der Waals surface area contributed by atoms with Crippen LogP contribution in [-0.4, -0.2) is 9.78 Å². The summed E-state index contributed by atoms with van der Waals surface area (Å²) in [4.78, 5) is 0. The zero-order valence-corrected chi connectivity index (χ0v) is 13.8. The van der Waals surface area contributed by atoms with Crippen molar-refractivity contribution in [3.05, 3.63) is 71.0 Å². The normalized spacial score (nSPS) is 13.0. The minimum Gasteiger partial charge on any atom is -0.398 e. The van der Waals surface area contributed by atoms with Crippen molar-refractivity contribution in [2.75, 3.05) is 5.73 Å². The summed E-state index contributed by atoms with van der Waals surface area (Å²) in [7, 11) is 1.95. The molecule has 0 atom stereocenters. The zero-order chi connectivity index (χ0) is 16.2. The maximum absolute atomic E-state index is 6.62. The van der Waals surface area contributed by atoms with Crippen LogP contribution in [0.15, 0.2) is 48.8 Å². The first-order valence-electron chi connectivity index (χ1n) is 7.97. The molecule has 3 aromatic rings. The fraction of sp³-hybridized carbons (Fsp3) is 0.250. The SMILES string of the molecule is Cn1cc(C(C)(C)c2ccc3c(c2N)Cc2ccccc2-3)cn1. The fourth-order valence-electron chi connectivity index (χ4n) is 3.68. The van der Waals surface area contributed by atoms with E-state index in [9.17, 15) is 0 Å². The van der Waals surface area contributed by atoms with Gasteiger partial charge >= 0.3 is 0 Å². The second-order valence-electron chi connectivity index (χ2n) is 6.91. The molecule has 0 saturated carbocycles. The number of nitrogens with two attached hydrogens (primary N) is 1. The highest BCUT2D eigenvalue weighted by Gasteiger charge is 2.30. The summed E-state index contributed by atoms with van der Waals surface area (Å²) >= 11 is 0. The van der Waals surface area contributed by atoms with Crippen LogP contribution < -0.4 is 5.73 Å². The molecule has 1 heterocycles. The fourth-order valence-corrected chi connectivity index (χ4v) is 3.68. The number of nitrogens with zero attached hydrogens (tertiary/aromatic N) is 2. The first-order valence-corrected chi connectivity index (χ1v) is 7.97. The van der Waals surface area contributed by atoms with Gasteiger partial charge in [0, 0.05) is 36.3 Å². The molecule has 3 heteroatoms. The van der Waals surface area contributed by atoms with Gasteiger partial charge in [0.15, 0.2) is 0 Å². The van der Waals surface area contributed by atoms with E-state index < -0.39 is 0 Å². The van der Waals surface area contributed by atoms with Crippen LogP contribution in [0.1, 0.15) is 36.1 Å². The molecule has 4 rings (SSSR count). The van der Waals surface area contributed by atoms with Gasteiger partial charge in [-0.25, -0.2) is 0 Å². The number of hydrogen-bond acceptors (Lipinski definition) is 2. The molecule has 0 bridgehead atoms. The van der Waals surface area contributed by atoms with E-state index in [4.69, 9.17) is 5.73 Å². The van der Waals surface area contributed by atoms with Crippen molar-refractivity contribution in [2.24, 2.45) is 7.05 Å². The van der Waals surface area contributed by atoms with E-state index in [0.717, 1.165) is 12.1 Å². The molecule has 1 aliphatic carbocycles. The summed E-state index contributed by atoms with van der Waals surface area (Å²) in [5.74, 6) is 0. The minimum absolute atomic E-state index is 0.165. The number of benzene rings is 2. The van der Waals surface area contributed by atoms with Gasteiger partial charge in [-0.1, -0.05) is 50.2 Å². The third-order valence-electron chi connectivity index (χ3n) is 5.13. The van der Waals surface area contributed by atoms with E-state index in [2.05, 4.69) is 61.5 Å². The highest BCUT2D eigenvalue weighted by molar-refractivity contribution is 5.83. The smallest absolute Gasteiger partial charge is 0.0530 e. The molecule has 2 N–H and O–H groups in total. The standard InChI is InChI=1S/C20H21N3/c1-20(2,14-11-22-23(3)12-14)18-9-8-16-15-7-5-4-6-13(15)10-17(16)19(18)21/h4-9,11-12H,10,21H2,1-3H3. The first kappa shape index (κ1) is 14.1. The predicted octanol–water partition coefficient (Wildman–Crippen LogP) is 3.90. The molecule has 0 unspecified atom stereocenters. The Balaban J connectivity index is 1.86. The van der Waals surface area contributed by atoms with Gasteiger partial charge in [0.25, 0.3) is 0 Å². The monoisotopic (exact) mass is 303 g/mol. The number of fused-ring (bicyclic) bond motifs is 3. The van der Waals surface area contributed by atoms with Gasteiger partial charge in [0.1, 0.15) is 0 Å². The molecule has 1 aromatic heterocycles. The van der Waals surface area contributed by atoms with Crippen LogP contribution in [0.3, 0.4) is 0 Å². The average molecular weight is 303 g/mol. The van der Waals surface area contributed by atoms with Crippen LogP contribution in [0.4, 0.5) is 5.69 Å². The van der Waals surface area contributed by atoms with Gasteiger partial charge in [-0.15, -0.1) is 0 Å². The van der Waals surface area contributed by atoms with Gasteiger partial charge in [-0.3, -0.25) is 4.68 Å². The predicted molar refractivity (Wildman–Crippen MR) is 94.4 cm³/mol. The van der Waals surface area contributed by atoms with Crippen molar-refractivity contribution in [2.45, 2.75) is 25.7 Å². The van der Waals surface area contributed by atoms with Gasteiger partial charge in [-0.05, 0) is 27.8 Å². The van der Waals surface area contributed by atoms with Crippen molar-refractivity contribution >= 4 is 5.69 Å². The van der Waals surface area contributed by atoms with Gasteiger partial charge in [-0.2, -0.15) is 5.10 Å². The van der Waals surface area contributed by atoms with Gasteiger partial charge in [0.05, 0.1) is 6.20 Å². The number of rotatable bonds is 2. The summed E-state index contributed by atoms with van der Waals surface area (Å²) in [5, 5.41) is 4.32. The van der Waals surface area contributed by atoms with E-state index in [1.807, 2.05) is 17.9 Å². The van der Waals surface area contributed by atoms with Crippen LogP contribution in [-0.2, 0) is 18.9 Å². The summed E-state index contributed by atoms with van der Waals surface area (Å²) in [5.41, 5.74) is 15.0. The highest BCUT2D eigenvalue weighted by atomic mass is 15.2. The Bertz CT molecular complexity index is 903. The van der Waals surface area contributed by atoms with E-state index >= 15 is 0 Å². The van der Waals surface area contributed by atoms with E-state index in [0.29, 0.717) is 0 Å². The van der Waals surface area contributed by atoms with Crippen molar-refractivity contribution in [1.82, 2.24) is 9.78 Å². The van der Waals surface area contributed by atoms with Gasteiger partial charge < -0.3 is 5.73 Å². The summed E-state index contributed by atoms with van der Waals surface area (Å²) in [6.07, 6.45) is 4.93. The second kappa shape index (κ2) is 4.72. The van der Waals surface area contributed by atoms with Crippen molar-refractivity contribution in [1.29, 1.82) is 0 Å². The second-order valence-corrected chi connectivity index (χ2v) is 6.91. The molecule has 3 nitrogen and oxygen atoms in total. The van der Waals surface area contributed by atoms with E-state index in [1.165, 1.54) is 33.4 Å². The average Bonchev–Trinajstić information content (AvgIpc) is 3.12. The molecule has 1 aliphatic rings. The van der Waals surface area contributed by atoms with Crippen LogP contribution in [0.25, 0.3) is 11.1 Å². The number of aryl methyl sites for hydroxylation is 1. The zero-order valence-electron chi connectivity index (χ0n) is 13.8. The van der Waals surface area contributed by atoms with Crippen molar-refractivity contribution in [3.8, 4) is 11.1 Å². The van der Waals surface area contributed by atoms with Crippen LogP contribution in [0, 0.1) is 0 Å². The summed E-state index contributed by atoms with van der Waals surface area (Å²) in [6, 6.07) is 13.0. The minimum atomic E-state index is -0.165. The molecule has 0 fully saturated rings. The molecule has 0 spiro atoms. The van der Waals surface area contributed by atoms with E-state index in [1.54, 1.807) is 0 Å². The summed E-state index contributed by atoms with van der Waals surface area (Å²) < 4.78 is 1.84. The Labute approximate surface area is 136 Å². The lowest BCUT2D eigenvalue weighted by Crippen LogP contribution is -2.21. The molecular weight excluding hydrogens is 282 g/mol. The summed E-state index contributed by atoms with van der Waals surface area (Å²) in [6.45, 7) is 4.42. The third kappa shape index (κ3) is 2.00. The molecule has 0 amide bonds. The van der Waals surface area contributed by atoms with Crippen LogP contribution >= 0.6 is 0 Å². The van der Waals surface area contributed by atoms with Gasteiger partial charge in [0.2, 0.25) is 0 Å². The van der Waals surface area contributed by atoms with Crippen LogP contribution in [0.5, 0.6) is 0 Å². The lowest BCUT2D eigenvalue weighted by atomic mass is 9.77. The Morgan fingerprint density at radius 2 is 1.87 bits per heavy atom. The lowest BCUT2D eigenvalue weighted by Gasteiger charge is -2.27. The number of aromatic nitrogens is 2. The van der Waals surface area contributed by atoms with Crippen molar-refractivity contribution < 1.29 is 0 Å². The molecule has 0 radical (unpaired) electrons.